The number of rotatable bonds is 0. The molecule has 0 amide bonds. The van der Waals surface area contributed by atoms with Crippen LogP contribution in [-0.4, -0.2) is 5.78 Å². The van der Waals surface area contributed by atoms with E-state index in [1.807, 2.05) is 0 Å². The third kappa shape index (κ3) is 0.796. The van der Waals surface area contributed by atoms with Crippen LogP contribution >= 0.6 is 0 Å². The van der Waals surface area contributed by atoms with Gasteiger partial charge in [-0.15, -0.1) is 0 Å². The van der Waals surface area contributed by atoms with Gasteiger partial charge >= 0.3 is 0 Å². The standard InChI is InChI=1S/C5H5O2/c6-4-1-2-5(7)3-4/h3H,1-2H2. The Labute approximate surface area is 41.5 Å². The molecule has 0 aromatic rings. The van der Waals surface area contributed by atoms with E-state index < -0.39 is 0 Å². The first-order valence-electron chi connectivity index (χ1n) is 2.19. The van der Waals surface area contributed by atoms with Crippen molar-refractivity contribution in [1.29, 1.82) is 0 Å². The molecule has 0 aliphatic heterocycles. The summed E-state index contributed by atoms with van der Waals surface area (Å²) in [7, 11) is 0. The number of carbonyl (C=O) groups is 1. The van der Waals surface area contributed by atoms with Crippen LogP contribution in [0.15, 0.2) is 11.8 Å². The summed E-state index contributed by atoms with van der Waals surface area (Å²) in [4.78, 5) is 10.2. The van der Waals surface area contributed by atoms with Crippen molar-refractivity contribution in [3.05, 3.63) is 11.8 Å². The molecular formula is C5H5O2. The average molecular weight is 97.1 g/mol. The van der Waals surface area contributed by atoms with Crippen molar-refractivity contribution in [2.75, 3.05) is 0 Å². The topological polar surface area (TPSA) is 37.0 Å². The number of ketones is 1. The molecule has 1 aliphatic carbocycles. The molecule has 0 saturated carbocycles. The lowest BCUT2D eigenvalue weighted by atomic mass is 10.3. The highest BCUT2D eigenvalue weighted by Gasteiger charge is 2.10. The molecule has 0 aromatic heterocycles. The molecule has 1 radical (unpaired) electrons. The summed E-state index contributed by atoms with van der Waals surface area (Å²) in [6, 6.07) is 0. The van der Waals surface area contributed by atoms with Gasteiger partial charge < -0.3 is 0 Å². The monoisotopic (exact) mass is 97.0 g/mol. The second-order valence-corrected chi connectivity index (χ2v) is 1.58. The zero-order chi connectivity index (χ0) is 5.28. The molecule has 0 spiro atoms. The lowest BCUT2D eigenvalue weighted by Gasteiger charge is -1.73. The van der Waals surface area contributed by atoms with Gasteiger partial charge in [-0.3, -0.25) is 9.90 Å². The quantitative estimate of drug-likeness (QED) is 0.437. The minimum Gasteiger partial charge on any atom is -0.295 e. The maximum atomic E-state index is 10.2. The van der Waals surface area contributed by atoms with E-state index in [1.54, 1.807) is 0 Å². The van der Waals surface area contributed by atoms with Crippen molar-refractivity contribution in [3.8, 4) is 0 Å². The van der Waals surface area contributed by atoms with Crippen LogP contribution in [0.2, 0.25) is 0 Å². The predicted octanol–water partition coefficient (Wildman–Crippen LogP) is 0.664. The summed E-state index contributed by atoms with van der Waals surface area (Å²) >= 11 is 0. The Kier molecular flexibility index (Phi) is 0.855. The fourth-order valence-electron chi connectivity index (χ4n) is 0.570. The molecule has 1 rings (SSSR count). The van der Waals surface area contributed by atoms with Gasteiger partial charge in [0.1, 0.15) is 0 Å². The first-order chi connectivity index (χ1) is 3.29. The molecule has 7 heavy (non-hydrogen) atoms. The lowest BCUT2D eigenvalue weighted by molar-refractivity contribution is -0.114. The van der Waals surface area contributed by atoms with Gasteiger partial charge in [0.05, 0.1) is 0 Å². The molecule has 0 bridgehead atoms. The summed E-state index contributed by atoms with van der Waals surface area (Å²) in [5.74, 6) is -0.0463. The van der Waals surface area contributed by atoms with Gasteiger partial charge in [-0.2, -0.15) is 0 Å². The first-order valence-corrected chi connectivity index (χ1v) is 2.19. The number of hydrogen-bond acceptors (Lipinski definition) is 1. The molecule has 1 aliphatic rings. The highest BCUT2D eigenvalue weighted by Crippen LogP contribution is 2.10. The van der Waals surface area contributed by atoms with Crippen molar-refractivity contribution in [2.24, 2.45) is 0 Å². The van der Waals surface area contributed by atoms with Crippen LogP contribution in [0, 0.1) is 0 Å². The van der Waals surface area contributed by atoms with E-state index in [0.29, 0.717) is 12.8 Å². The minimum atomic E-state index is -0.0231. The molecule has 0 heterocycles. The van der Waals surface area contributed by atoms with E-state index in [1.165, 1.54) is 6.08 Å². The highest BCUT2D eigenvalue weighted by atomic mass is 16.3. The SMILES string of the molecule is [O]C1=CC(=O)CC1. The van der Waals surface area contributed by atoms with Gasteiger partial charge in [0.15, 0.2) is 11.5 Å². The third-order valence-corrected chi connectivity index (χ3v) is 0.940. The van der Waals surface area contributed by atoms with Crippen LogP contribution in [-0.2, 0) is 9.90 Å². The maximum Gasteiger partial charge on any atom is 0.159 e. The van der Waals surface area contributed by atoms with Crippen LogP contribution in [0.1, 0.15) is 12.8 Å². The normalized spacial score (nSPS) is 20.0. The number of allylic oxidation sites excluding steroid dienone is 2. The molecule has 0 atom stereocenters. The van der Waals surface area contributed by atoms with Crippen molar-refractivity contribution in [2.45, 2.75) is 12.8 Å². The Morgan fingerprint density at radius 2 is 2.14 bits per heavy atom. The predicted molar refractivity (Wildman–Crippen MR) is 23.0 cm³/mol. The Bertz CT molecular complexity index is 124. The Balaban J connectivity index is 2.67. The summed E-state index contributed by atoms with van der Waals surface area (Å²) in [5, 5.41) is 10.2. The minimum absolute atomic E-state index is 0.0231. The Morgan fingerprint density at radius 3 is 2.29 bits per heavy atom. The second-order valence-electron chi connectivity index (χ2n) is 1.58. The molecule has 2 heteroatoms. The van der Waals surface area contributed by atoms with Gasteiger partial charge in [0.2, 0.25) is 0 Å². The lowest BCUT2D eigenvalue weighted by Crippen LogP contribution is -1.80. The molecule has 0 fully saturated rings. The summed E-state index contributed by atoms with van der Waals surface area (Å²) < 4.78 is 0. The maximum absolute atomic E-state index is 10.2. The van der Waals surface area contributed by atoms with Crippen molar-refractivity contribution in [3.63, 3.8) is 0 Å². The summed E-state index contributed by atoms with van der Waals surface area (Å²) in [6.07, 6.45) is 2.03. The van der Waals surface area contributed by atoms with E-state index >= 15 is 0 Å². The first kappa shape index (κ1) is 4.37. The molecule has 0 N–H and O–H groups in total. The van der Waals surface area contributed by atoms with Gasteiger partial charge in [-0.25, -0.2) is 0 Å². The second kappa shape index (κ2) is 1.37. The largest absolute Gasteiger partial charge is 0.295 e. The van der Waals surface area contributed by atoms with Crippen molar-refractivity contribution < 1.29 is 9.90 Å². The van der Waals surface area contributed by atoms with Crippen LogP contribution in [0.25, 0.3) is 0 Å². The summed E-state index contributed by atoms with van der Waals surface area (Å²) in [6.45, 7) is 0. The zero-order valence-corrected chi connectivity index (χ0v) is 3.81. The third-order valence-electron chi connectivity index (χ3n) is 0.940. The van der Waals surface area contributed by atoms with E-state index in [9.17, 15) is 9.90 Å². The van der Waals surface area contributed by atoms with Crippen LogP contribution in [0.4, 0.5) is 0 Å². The Hall–Kier alpha value is -0.790. The van der Waals surface area contributed by atoms with Gasteiger partial charge in [-0.1, -0.05) is 0 Å². The fourth-order valence-corrected chi connectivity index (χ4v) is 0.570. The van der Waals surface area contributed by atoms with E-state index in [2.05, 4.69) is 0 Å². The molecule has 0 saturated heterocycles. The molecular weight excluding hydrogens is 92.1 g/mol. The van der Waals surface area contributed by atoms with Crippen LogP contribution in [0.5, 0.6) is 0 Å². The van der Waals surface area contributed by atoms with Crippen molar-refractivity contribution in [1.82, 2.24) is 0 Å². The zero-order valence-electron chi connectivity index (χ0n) is 3.81. The van der Waals surface area contributed by atoms with Crippen LogP contribution < -0.4 is 0 Å². The smallest absolute Gasteiger partial charge is 0.159 e. The van der Waals surface area contributed by atoms with Crippen molar-refractivity contribution >= 4 is 5.78 Å². The number of carbonyl (C=O) groups excluding carboxylic acids is 1. The number of hydrogen-bond donors (Lipinski definition) is 0. The Morgan fingerprint density at radius 1 is 1.43 bits per heavy atom. The summed E-state index contributed by atoms with van der Waals surface area (Å²) in [5.41, 5.74) is 0. The molecule has 2 nitrogen and oxygen atoms in total. The van der Waals surface area contributed by atoms with E-state index in [4.69, 9.17) is 0 Å². The molecule has 37 valence electrons. The van der Waals surface area contributed by atoms with E-state index in [-0.39, 0.29) is 11.5 Å². The van der Waals surface area contributed by atoms with E-state index in [0.717, 1.165) is 0 Å². The highest BCUT2D eigenvalue weighted by molar-refractivity contribution is 5.92. The van der Waals surface area contributed by atoms with Gasteiger partial charge in [-0.05, 0) is 0 Å². The van der Waals surface area contributed by atoms with Gasteiger partial charge in [0.25, 0.3) is 0 Å². The fraction of sp³-hybridized carbons (Fsp3) is 0.400. The van der Waals surface area contributed by atoms with Crippen LogP contribution in [0.3, 0.4) is 0 Å². The average Bonchev–Trinajstić information content (AvgIpc) is 1.87. The molecule has 0 aromatic carbocycles. The molecule has 0 unspecified atom stereocenters. The van der Waals surface area contributed by atoms with Gasteiger partial charge in [0, 0.05) is 18.9 Å².